The highest BCUT2D eigenvalue weighted by atomic mass is 15.1. The van der Waals surface area contributed by atoms with Gasteiger partial charge in [-0.25, -0.2) is 0 Å². The van der Waals surface area contributed by atoms with Gasteiger partial charge >= 0.3 is 0 Å². The van der Waals surface area contributed by atoms with Crippen LogP contribution >= 0.6 is 0 Å². The van der Waals surface area contributed by atoms with Crippen LogP contribution in [0.1, 0.15) is 58.2 Å². The fraction of sp³-hybridized carbons (Fsp3) is 0.450. The van der Waals surface area contributed by atoms with Gasteiger partial charge < -0.3 is 0 Å². The van der Waals surface area contributed by atoms with Crippen molar-refractivity contribution < 1.29 is 0 Å². The largest absolute Gasteiger partial charge is 0.282 e. The number of nitrogens with zero attached hydrogens (tertiary/aromatic N) is 3. The lowest BCUT2D eigenvalue weighted by atomic mass is 9.99. The summed E-state index contributed by atoms with van der Waals surface area (Å²) in [5, 5.41) is 9.26. The molecular formula is C20H30N4. The van der Waals surface area contributed by atoms with E-state index in [4.69, 9.17) is 0 Å². The molecule has 1 aliphatic carbocycles. The minimum absolute atomic E-state index is 1.09. The number of H-pyrrole nitrogens is 1. The minimum Gasteiger partial charge on any atom is -0.282 e. The van der Waals surface area contributed by atoms with Gasteiger partial charge in [0, 0.05) is 35.9 Å². The van der Waals surface area contributed by atoms with Gasteiger partial charge in [0.15, 0.2) is 0 Å². The third-order valence-electron chi connectivity index (χ3n) is 3.37. The first-order valence-electron chi connectivity index (χ1n) is 9.00. The Hall–Kier alpha value is -2.23. The van der Waals surface area contributed by atoms with Crippen LogP contribution in [0.15, 0.2) is 43.1 Å². The van der Waals surface area contributed by atoms with Crippen molar-refractivity contribution in [3.63, 3.8) is 0 Å². The number of hydrogen-bond acceptors (Lipinski definition) is 3. The molecule has 0 aliphatic heterocycles. The molecule has 4 rings (SSSR count). The highest BCUT2D eigenvalue weighted by Gasteiger charge is 2.08. The van der Waals surface area contributed by atoms with Crippen LogP contribution in [0.5, 0.6) is 0 Å². The molecule has 1 aliphatic rings. The van der Waals surface area contributed by atoms with Crippen molar-refractivity contribution in [3.05, 3.63) is 54.4 Å². The molecule has 0 bridgehead atoms. The summed E-state index contributed by atoms with van der Waals surface area (Å²) in [7, 11) is 0. The number of aromatic amines is 1. The Bertz CT molecular complexity index is 590. The lowest BCUT2D eigenvalue weighted by Gasteiger charge is -2.07. The zero-order valence-electron chi connectivity index (χ0n) is 15.4. The van der Waals surface area contributed by atoms with Crippen molar-refractivity contribution in [1.29, 1.82) is 0 Å². The Morgan fingerprint density at radius 1 is 0.875 bits per heavy atom. The molecule has 0 aromatic carbocycles. The molecule has 3 aromatic heterocycles. The Morgan fingerprint density at radius 3 is 2.00 bits per heavy atom. The summed E-state index contributed by atoms with van der Waals surface area (Å²) in [6.07, 6.45) is 15.5. The van der Waals surface area contributed by atoms with Crippen LogP contribution in [-0.2, 0) is 12.8 Å². The number of aromatic nitrogens is 4. The summed E-state index contributed by atoms with van der Waals surface area (Å²) in [6, 6.07) is 3.94. The predicted molar refractivity (Wildman–Crippen MR) is 102 cm³/mol. The molecule has 0 spiro atoms. The second kappa shape index (κ2) is 12.2. The third kappa shape index (κ3) is 6.49. The van der Waals surface area contributed by atoms with Gasteiger partial charge in [-0.05, 0) is 48.8 Å². The molecule has 3 heterocycles. The number of aryl methyl sites for hydroxylation is 2. The Morgan fingerprint density at radius 2 is 1.46 bits per heavy atom. The number of fused-ring (bicyclic) bond motifs is 2. The van der Waals surface area contributed by atoms with Crippen LogP contribution < -0.4 is 0 Å². The average molecular weight is 326 g/mol. The first-order valence-corrected chi connectivity index (χ1v) is 9.00. The molecule has 0 atom stereocenters. The van der Waals surface area contributed by atoms with E-state index in [-0.39, 0.29) is 0 Å². The van der Waals surface area contributed by atoms with Crippen LogP contribution in [-0.4, -0.2) is 20.2 Å². The van der Waals surface area contributed by atoms with E-state index in [1.807, 2.05) is 44.6 Å². The van der Waals surface area contributed by atoms with E-state index >= 15 is 0 Å². The van der Waals surface area contributed by atoms with Gasteiger partial charge in [0.1, 0.15) is 0 Å². The van der Waals surface area contributed by atoms with Gasteiger partial charge in [0.05, 0.1) is 6.20 Å². The predicted octanol–water partition coefficient (Wildman–Crippen LogP) is 5.36. The van der Waals surface area contributed by atoms with Gasteiger partial charge in [-0.15, -0.1) is 0 Å². The molecule has 0 radical (unpaired) electrons. The molecular weight excluding hydrogens is 296 g/mol. The molecule has 0 fully saturated rings. The van der Waals surface area contributed by atoms with E-state index in [0.29, 0.717) is 0 Å². The van der Waals surface area contributed by atoms with E-state index in [9.17, 15) is 0 Å². The summed E-state index contributed by atoms with van der Waals surface area (Å²) in [5.41, 5.74) is 2.79. The van der Waals surface area contributed by atoms with E-state index in [2.05, 4.69) is 34.0 Å². The van der Waals surface area contributed by atoms with Crippen molar-refractivity contribution in [3.8, 4) is 0 Å². The van der Waals surface area contributed by atoms with Gasteiger partial charge in [-0.3, -0.25) is 15.1 Å². The minimum atomic E-state index is 1.09. The molecule has 4 heteroatoms. The fourth-order valence-corrected chi connectivity index (χ4v) is 2.31. The van der Waals surface area contributed by atoms with Crippen LogP contribution in [0.3, 0.4) is 0 Å². The zero-order chi connectivity index (χ0) is 17.6. The number of pyridine rings is 2. The van der Waals surface area contributed by atoms with Crippen LogP contribution in [0.25, 0.3) is 10.8 Å². The number of rotatable bonds is 0. The Balaban J connectivity index is 0.000000191. The molecule has 3 aromatic rings. The highest BCUT2D eigenvalue weighted by molar-refractivity contribution is 5.79. The molecule has 1 N–H and O–H groups in total. The molecule has 24 heavy (non-hydrogen) atoms. The molecule has 4 nitrogen and oxygen atoms in total. The lowest BCUT2D eigenvalue weighted by Crippen LogP contribution is -1.99. The normalized spacial score (nSPS) is 11.7. The highest BCUT2D eigenvalue weighted by Crippen LogP contribution is 2.17. The number of nitrogens with one attached hydrogen (secondary N) is 1. The standard InChI is InChI=1S/C8H6N2.C7H10N2.C3H8.C2H6/c1-3-9-5-8-6-10-4-2-7(1)8;1-2-4-7-6(3-1)5-8-9-7;1-3-2;1-2/h1-6H;5H,1-4H2,(H,8,9);3H2,1-2H3;1-2H3. The quantitative estimate of drug-likeness (QED) is 0.605. The Labute approximate surface area is 145 Å². The monoisotopic (exact) mass is 326 g/mol. The van der Waals surface area contributed by atoms with Crippen molar-refractivity contribution in [2.75, 3.05) is 0 Å². The van der Waals surface area contributed by atoms with Gasteiger partial charge in [-0.1, -0.05) is 34.1 Å². The SMILES string of the molecule is CC.CCC.c1cc2ccncc2cn1.c1n[nH]c2c1CCCC2. The molecule has 0 saturated carbocycles. The third-order valence-corrected chi connectivity index (χ3v) is 3.37. The van der Waals surface area contributed by atoms with Crippen LogP contribution in [0.2, 0.25) is 0 Å². The maximum Gasteiger partial charge on any atom is 0.0522 e. The van der Waals surface area contributed by atoms with Gasteiger partial charge in [0.25, 0.3) is 0 Å². The Kier molecular flexibility index (Phi) is 10.1. The fourth-order valence-electron chi connectivity index (χ4n) is 2.31. The van der Waals surface area contributed by atoms with E-state index in [1.54, 1.807) is 12.4 Å². The lowest BCUT2D eigenvalue weighted by molar-refractivity contribution is 0.675. The van der Waals surface area contributed by atoms with Crippen molar-refractivity contribution in [1.82, 2.24) is 20.2 Å². The zero-order valence-corrected chi connectivity index (χ0v) is 15.4. The smallest absolute Gasteiger partial charge is 0.0522 e. The van der Waals surface area contributed by atoms with Crippen molar-refractivity contribution >= 4 is 10.8 Å². The van der Waals surface area contributed by atoms with E-state index in [1.165, 1.54) is 48.7 Å². The summed E-state index contributed by atoms with van der Waals surface area (Å²) in [5.74, 6) is 0. The van der Waals surface area contributed by atoms with E-state index in [0.717, 1.165) is 5.39 Å². The van der Waals surface area contributed by atoms with Crippen LogP contribution in [0.4, 0.5) is 0 Å². The second-order valence-electron chi connectivity index (χ2n) is 5.39. The average Bonchev–Trinajstić information content (AvgIpc) is 3.13. The first-order chi connectivity index (χ1) is 11.8. The second-order valence-corrected chi connectivity index (χ2v) is 5.39. The molecule has 0 saturated heterocycles. The topological polar surface area (TPSA) is 54.5 Å². The van der Waals surface area contributed by atoms with Gasteiger partial charge in [0.2, 0.25) is 0 Å². The summed E-state index contributed by atoms with van der Waals surface area (Å²) < 4.78 is 0. The maximum atomic E-state index is 3.98. The van der Waals surface area contributed by atoms with E-state index < -0.39 is 0 Å². The van der Waals surface area contributed by atoms with Crippen molar-refractivity contribution in [2.45, 2.75) is 59.8 Å². The van der Waals surface area contributed by atoms with Gasteiger partial charge in [-0.2, -0.15) is 5.10 Å². The number of hydrogen-bond donors (Lipinski definition) is 1. The maximum absolute atomic E-state index is 3.98. The molecule has 130 valence electrons. The first kappa shape index (κ1) is 19.8. The molecule has 0 unspecified atom stereocenters. The summed E-state index contributed by atoms with van der Waals surface area (Å²) in [6.45, 7) is 8.25. The van der Waals surface area contributed by atoms with Crippen LogP contribution in [0, 0.1) is 0 Å². The summed E-state index contributed by atoms with van der Waals surface area (Å²) in [4.78, 5) is 7.95. The molecule has 0 amide bonds. The van der Waals surface area contributed by atoms with Crippen molar-refractivity contribution in [2.24, 2.45) is 0 Å². The summed E-state index contributed by atoms with van der Waals surface area (Å²) >= 11 is 0.